The molecule has 0 fully saturated rings. The number of rotatable bonds is 3. The van der Waals surface area contributed by atoms with Crippen molar-refractivity contribution in [1.29, 1.82) is 0 Å². The van der Waals surface area contributed by atoms with Gasteiger partial charge in [-0.1, -0.05) is 42.5 Å². The highest BCUT2D eigenvalue weighted by atomic mass is 16.3. The van der Waals surface area contributed by atoms with E-state index in [1.807, 2.05) is 54.6 Å². The Morgan fingerprint density at radius 2 is 1.61 bits per heavy atom. The molecular formula is C23H15N3O2. The normalized spacial score (nSPS) is 11.1. The van der Waals surface area contributed by atoms with Crippen LogP contribution in [0.2, 0.25) is 0 Å². The first-order chi connectivity index (χ1) is 13.7. The monoisotopic (exact) mass is 365 g/mol. The second-order valence-electron chi connectivity index (χ2n) is 6.56. The Kier molecular flexibility index (Phi) is 3.66. The number of carbonyl (C=O) groups excluding carboxylic acids is 1. The van der Waals surface area contributed by atoms with E-state index in [0.717, 1.165) is 27.4 Å². The second-order valence-corrected chi connectivity index (χ2v) is 6.56. The summed E-state index contributed by atoms with van der Waals surface area (Å²) in [6.45, 7) is 0. The maximum absolute atomic E-state index is 12.6. The quantitative estimate of drug-likeness (QED) is 0.462. The highest BCUT2D eigenvalue weighted by molar-refractivity contribution is 6.09. The summed E-state index contributed by atoms with van der Waals surface area (Å²) in [4.78, 5) is 20.9. The molecule has 28 heavy (non-hydrogen) atoms. The van der Waals surface area contributed by atoms with Gasteiger partial charge in [-0.25, -0.2) is 9.97 Å². The van der Waals surface area contributed by atoms with Crippen molar-refractivity contribution in [3.8, 4) is 11.1 Å². The molecule has 2 N–H and O–H groups in total. The third-order valence-corrected chi connectivity index (χ3v) is 4.71. The van der Waals surface area contributed by atoms with Crippen LogP contribution in [0.15, 0.2) is 83.4 Å². The van der Waals surface area contributed by atoms with E-state index in [2.05, 4.69) is 9.97 Å². The van der Waals surface area contributed by atoms with Crippen molar-refractivity contribution in [3.63, 3.8) is 0 Å². The molecule has 0 amide bonds. The standard InChI is InChI=1S/C23H15N3O2/c24-23-25-13-18-11-15(6-8-19(18)26-23)16-7-9-20-17(10-16)12-21(28-20)22(27)14-4-2-1-3-5-14/h1-13H,(H2,24,25,26). The zero-order valence-electron chi connectivity index (χ0n) is 14.8. The fourth-order valence-corrected chi connectivity index (χ4v) is 3.29. The summed E-state index contributed by atoms with van der Waals surface area (Å²) in [5.74, 6) is 0.468. The minimum Gasteiger partial charge on any atom is -0.453 e. The van der Waals surface area contributed by atoms with Gasteiger partial charge >= 0.3 is 0 Å². The molecule has 0 aliphatic rings. The van der Waals surface area contributed by atoms with Crippen LogP contribution in [-0.4, -0.2) is 15.8 Å². The van der Waals surface area contributed by atoms with Gasteiger partial charge in [0.2, 0.25) is 11.7 Å². The van der Waals surface area contributed by atoms with Crippen LogP contribution in [0.5, 0.6) is 0 Å². The Hall–Kier alpha value is -3.99. The lowest BCUT2D eigenvalue weighted by Crippen LogP contribution is -1.98. The van der Waals surface area contributed by atoms with Crippen LogP contribution in [0.25, 0.3) is 33.0 Å². The number of furan rings is 1. The zero-order valence-corrected chi connectivity index (χ0v) is 14.8. The van der Waals surface area contributed by atoms with Crippen molar-refractivity contribution in [2.75, 3.05) is 5.73 Å². The lowest BCUT2D eigenvalue weighted by Gasteiger charge is -2.04. The zero-order chi connectivity index (χ0) is 19.1. The molecule has 0 radical (unpaired) electrons. The number of nitrogens with two attached hydrogens (primary N) is 1. The largest absolute Gasteiger partial charge is 0.453 e. The molecule has 2 heterocycles. The molecule has 134 valence electrons. The van der Waals surface area contributed by atoms with Crippen LogP contribution in [0.1, 0.15) is 16.1 Å². The summed E-state index contributed by atoms with van der Waals surface area (Å²) >= 11 is 0. The third-order valence-electron chi connectivity index (χ3n) is 4.71. The van der Waals surface area contributed by atoms with Crippen LogP contribution in [-0.2, 0) is 0 Å². The van der Waals surface area contributed by atoms with Gasteiger partial charge in [0.05, 0.1) is 5.52 Å². The van der Waals surface area contributed by atoms with Crippen molar-refractivity contribution < 1.29 is 9.21 Å². The summed E-state index contributed by atoms with van der Waals surface area (Å²) < 4.78 is 5.78. The number of nitrogens with zero attached hydrogens (tertiary/aromatic N) is 2. The Bertz CT molecular complexity index is 1340. The number of ketones is 1. The molecule has 5 aromatic rings. The first kappa shape index (κ1) is 16.2. The van der Waals surface area contributed by atoms with E-state index in [9.17, 15) is 4.79 Å². The van der Waals surface area contributed by atoms with Gasteiger partial charge in [0.15, 0.2) is 5.76 Å². The Morgan fingerprint density at radius 3 is 2.43 bits per heavy atom. The molecule has 5 heteroatoms. The molecule has 0 spiro atoms. The van der Waals surface area contributed by atoms with Gasteiger partial charge in [0.25, 0.3) is 0 Å². The predicted octanol–water partition coefficient (Wildman–Crippen LogP) is 4.86. The average molecular weight is 365 g/mol. The van der Waals surface area contributed by atoms with Crippen molar-refractivity contribution in [2.45, 2.75) is 0 Å². The molecule has 5 rings (SSSR count). The number of hydrogen-bond donors (Lipinski definition) is 1. The Morgan fingerprint density at radius 1 is 0.857 bits per heavy atom. The van der Waals surface area contributed by atoms with Crippen LogP contribution < -0.4 is 5.73 Å². The van der Waals surface area contributed by atoms with Gasteiger partial charge in [0, 0.05) is 22.5 Å². The summed E-state index contributed by atoms with van der Waals surface area (Å²) in [7, 11) is 0. The molecule has 2 aromatic heterocycles. The van der Waals surface area contributed by atoms with Crippen LogP contribution >= 0.6 is 0 Å². The third kappa shape index (κ3) is 2.79. The van der Waals surface area contributed by atoms with Crippen LogP contribution in [0.3, 0.4) is 0 Å². The van der Waals surface area contributed by atoms with Gasteiger partial charge in [0.1, 0.15) is 5.58 Å². The summed E-state index contributed by atoms with van der Waals surface area (Å²) in [5, 5.41) is 1.80. The smallest absolute Gasteiger partial charge is 0.228 e. The van der Waals surface area contributed by atoms with E-state index in [-0.39, 0.29) is 11.7 Å². The first-order valence-electron chi connectivity index (χ1n) is 8.83. The lowest BCUT2D eigenvalue weighted by atomic mass is 10.0. The molecule has 5 nitrogen and oxygen atoms in total. The van der Waals surface area contributed by atoms with Crippen LogP contribution in [0, 0.1) is 0 Å². The Balaban J connectivity index is 1.55. The number of benzene rings is 3. The average Bonchev–Trinajstić information content (AvgIpc) is 3.17. The minimum absolute atomic E-state index is 0.126. The molecule has 0 unspecified atom stereocenters. The summed E-state index contributed by atoms with van der Waals surface area (Å²) in [6, 6.07) is 22.7. The molecular weight excluding hydrogens is 350 g/mol. The van der Waals surface area contributed by atoms with E-state index < -0.39 is 0 Å². The SMILES string of the molecule is Nc1ncc2cc(-c3ccc4oc(C(=O)c5ccccc5)cc4c3)ccc2n1. The molecule has 0 bridgehead atoms. The topological polar surface area (TPSA) is 82.0 Å². The molecule has 0 aliphatic carbocycles. The molecule has 3 aromatic carbocycles. The van der Waals surface area contributed by atoms with Crippen LogP contribution in [0.4, 0.5) is 5.95 Å². The van der Waals surface area contributed by atoms with E-state index >= 15 is 0 Å². The minimum atomic E-state index is -0.126. The number of nitrogen functional groups attached to an aromatic ring is 1. The summed E-state index contributed by atoms with van der Waals surface area (Å²) in [6.07, 6.45) is 1.72. The van der Waals surface area contributed by atoms with Gasteiger partial charge in [-0.3, -0.25) is 4.79 Å². The fourth-order valence-electron chi connectivity index (χ4n) is 3.29. The van der Waals surface area contributed by atoms with E-state index in [1.165, 1.54) is 0 Å². The Labute approximate surface area is 160 Å². The molecule has 0 aliphatic heterocycles. The highest BCUT2D eigenvalue weighted by Gasteiger charge is 2.15. The van der Waals surface area contributed by atoms with Gasteiger partial charge in [-0.05, 0) is 41.5 Å². The number of anilines is 1. The van der Waals surface area contributed by atoms with Crippen molar-refractivity contribution in [2.24, 2.45) is 0 Å². The molecule has 0 saturated heterocycles. The number of aromatic nitrogens is 2. The van der Waals surface area contributed by atoms with E-state index in [1.54, 1.807) is 24.4 Å². The number of hydrogen-bond acceptors (Lipinski definition) is 5. The lowest BCUT2D eigenvalue weighted by molar-refractivity contribution is 0.101. The highest BCUT2D eigenvalue weighted by Crippen LogP contribution is 2.29. The van der Waals surface area contributed by atoms with Crippen molar-refractivity contribution >= 4 is 33.6 Å². The summed E-state index contributed by atoms with van der Waals surface area (Å²) in [5.41, 5.74) is 9.78. The maximum Gasteiger partial charge on any atom is 0.228 e. The van der Waals surface area contributed by atoms with E-state index in [0.29, 0.717) is 16.9 Å². The van der Waals surface area contributed by atoms with Crippen molar-refractivity contribution in [1.82, 2.24) is 9.97 Å². The number of fused-ring (bicyclic) bond motifs is 2. The first-order valence-corrected chi connectivity index (χ1v) is 8.83. The predicted molar refractivity (Wildman–Crippen MR) is 109 cm³/mol. The molecule has 0 atom stereocenters. The van der Waals surface area contributed by atoms with Gasteiger partial charge in [-0.2, -0.15) is 0 Å². The van der Waals surface area contributed by atoms with Gasteiger partial charge < -0.3 is 10.2 Å². The molecule has 0 saturated carbocycles. The van der Waals surface area contributed by atoms with E-state index in [4.69, 9.17) is 10.2 Å². The second kappa shape index (κ2) is 6.32. The van der Waals surface area contributed by atoms with Crippen molar-refractivity contribution in [3.05, 3.63) is 90.3 Å². The van der Waals surface area contributed by atoms with Gasteiger partial charge in [-0.15, -0.1) is 0 Å². The number of carbonyl (C=O) groups is 1. The maximum atomic E-state index is 12.6. The fraction of sp³-hybridized carbons (Fsp3) is 0.